The van der Waals surface area contributed by atoms with Crippen LogP contribution >= 0.6 is 0 Å². The quantitative estimate of drug-likeness (QED) is 0.660. The number of rotatable bonds is 3. The maximum absolute atomic E-state index is 3.33. The fourth-order valence-corrected chi connectivity index (χ4v) is 1.78. The molecule has 1 fully saturated rings. The average Bonchev–Trinajstić information content (AvgIpc) is 1.85. The lowest BCUT2D eigenvalue weighted by molar-refractivity contribution is 0.0836. The zero-order chi connectivity index (χ0) is 8.48. The molecule has 11 heavy (non-hydrogen) atoms. The SMILES string of the molecule is CCC(C)(C)C1CC(NC)C1. The minimum absolute atomic E-state index is 0.577. The van der Waals surface area contributed by atoms with Gasteiger partial charge in [-0.3, -0.25) is 0 Å². The van der Waals surface area contributed by atoms with Gasteiger partial charge in [-0.15, -0.1) is 0 Å². The van der Waals surface area contributed by atoms with E-state index < -0.39 is 0 Å². The molecule has 1 aliphatic rings. The molecule has 0 spiro atoms. The second-order valence-corrected chi connectivity index (χ2v) is 4.50. The molecule has 1 rings (SSSR count). The van der Waals surface area contributed by atoms with E-state index in [1.54, 1.807) is 0 Å². The summed E-state index contributed by atoms with van der Waals surface area (Å²) < 4.78 is 0. The van der Waals surface area contributed by atoms with Crippen LogP contribution in [-0.2, 0) is 0 Å². The molecule has 0 aromatic heterocycles. The van der Waals surface area contributed by atoms with Crippen LogP contribution in [0, 0.1) is 11.3 Å². The highest BCUT2D eigenvalue weighted by atomic mass is 14.9. The first-order valence-corrected chi connectivity index (χ1v) is 4.77. The van der Waals surface area contributed by atoms with Crippen molar-refractivity contribution in [2.45, 2.75) is 46.1 Å². The minimum atomic E-state index is 0.577. The van der Waals surface area contributed by atoms with Gasteiger partial charge in [-0.05, 0) is 31.2 Å². The van der Waals surface area contributed by atoms with Crippen LogP contribution in [0.15, 0.2) is 0 Å². The maximum Gasteiger partial charge on any atom is 0.00697 e. The van der Waals surface area contributed by atoms with Crippen molar-refractivity contribution in [3.8, 4) is 0 Å². The van der Waals surface area contributed by atoms with Crippen molar-refractivity contribution in [3.05, 3.63) is 0 Å². The van der Waals surface area contributed by atoms with E-state index in [2.05, 4.69) is 33.1 Å². The largest absolute Gasteiger partial charge is 0.317 e. The van der Waals surface area contributed by atoms with Crippen LogP contribution < -0.4 is 5.32 Å². The first-order chi connectivity index (χ1) is 5.10. The zero-order valence-corrected chi connectivity index (χ0v) is 8.28. The van der Waals surface area contributed by atoms with Crippen molar-refractivity contribution in [2.75, 3.05) is 7.05 Å². The molecule has 0 amide bonds. The highest BCUT2D eigenvalue weighted by Crippen LogP contribution is 2.43. The topological polar surface area (TPSA) is 12.0 Å². The number of nitrogens with one attached hydrogen (secondary N) is 1. The first kappa shape index (κ1) is 9.05. The van der Waals surface area contributed by atoms with Crippen molar-refractivity contribution in [2.24, 2.45) is 11.3 Å². The molecule has 0 saturated heterocycles. The van der Waals surface area contributed by atoms with E-state index in [0.29, 0.717) is 5.41 Å². The van der Waals surface area contributed by atoms with Gasteiger partial charge in [-0.25, -0.2) is 0 Å². The van der Waals surface area contributed by atoms with Crippen LogP contribution in [0.3, 0.4) is 0 Å². The molecule has 1 nitrogen and oxygen atoms in total. The molecule has 0 unspecified atom stereocenters. The molecule has 0 heterocycles. The van der Waals surface area contributed by atoms with Crippen molar-refractivity contribution >= 4 is 0 Å². The van der Waals surface area contributed by atoms with Crippen LogP contribution in [0.2, 0.25) is 0 Å². The average molecular weight is 155 g/mol. The summed E-state index contributed by atoms with van der Waals surface area (Å²) in [5.41, 5.74) is 0.577. The maximum atomic E-state index is 3.33. The van der Waals surface area contributed by atoms with Crippen molar-refractivity contribution in [3.63, 3.8) is 0 Å². The fourth-order valence-electron chi connectivity index (χ4n) is 1.78. The van der Waals surface area contributed by atoms with Gasteiger partial charge in [-0.1, -0.05) is 27.2 Å². The summed E-state index contributed by atoms with van der Waals surface area (Å²) in [4.78, 5) is 0. The van der Waals surface area contributed by atoms with Gasteiger partial charge in [0.25, 0.3) is 0 Å². The molecule has 66 valence electrons. The van der Waals surface area contributed by atoms with E-state index in [1.807, 2.05) is 0 Å². The smallest absolute Gasteiger partial charge is 0.00697 e. The van der Waals surface area contributed by atoms with Gasteiger partial charge in [0, 0.05) is 6.04 Å². The minimum Gasteiger partial charge on any atom is -0.317 e. The predicted octanol–water partition coefficient (Wildman–Crippen LogP) is 2.42. The lowest BCUT2D eigenvalue weighted by atomic mass is 9.64. The zero-order valence-electron chi connectivity index (χ0n) is 8.28. The molecule has 0 aromatic rings. The van der Waals surface area contributed by atoms with Crippen LogP contribution in [0.25, 0.3) is 0 Å². The molecule has 0 bridgehead atoms. The fraction of sp³-hybridized carbons (Fsp3) is 1.00. The van der Waals surface area contributed by atoms with E-state index in [4.69, 9.17) is 0 Å². The van der Waals surface area contributed by atoms with E-state index in [1.165, 1.54) is 19.3 Å². The van der Waals surface area contributed by atoms with Gasteiger partial charge >= 0.3 is 0 Å². The van der Waals surface area contributed by atoms with Crippen molar-refractivity contribution < 1.29 is 0 Å². The Kier molecular flexibility index (Phi) is 2.58. The molecule has 0 aliphatic heterocycles. The van der Waals surface area contributed by atoms with Crippen LogP contribution in [0.1, 0.15) is 40.0 Å². The summed E-state index contributed by atoms with van der Waals surface area (Å²) in [6.45, 7) is 7.08. The van der Waals surface area contributed by atoms with Gasteiger partial charge in [0.2, 0.25) is 0 Å². The highest BCUT2D eigenvalue weighted by molar-refractivity contribution is 4.91. The second-order valence-electron chi connectivity index (χ2n) is 4.50. The summed E-state index contributed by atoms with van der Waals surface area (Å²) >= 11 is 0. The molecular weight excluding hydrogens is 134 g/mol. The van der Waals surface area contributed by atoms with Gasteiger partial charge in [-0.2, -0.15) is 0 Å². The van der Waals surface area contributed by atoms with Gasteiger partial charge in [0.15, 0.2) is 0 Å². The Labute approximate surface area is 70.6 Å². The molecule has 1 N–H and O–H groups in total. The van der Waals surface area contributed by atoms with Crippen molar-refractivity contribution in [1.82, 2.24) is 5.32 Å². The second kappa shape index (κ2) is 3.14. The number of hydrogen-bond donors (Lipinski definition) is 1. The molecule has 0 atom stereocenters. The van der Waals surface area contributed by atoms with E-state index in [9.17, 15) is 0 Å². The van der Waals surface area contributed by atoms with E-state index >= 15 is 0 Å². The van der Waals surface area contributed by atoms with Crippen LogP contribution in [0.5, 0.6) is 0 Å². The van der Waals surface area contributed by atoms with E-state index in [-0.39, 0.29) is 0 Å². The molecular formula is C10H21N. The third kappa shape index (κ3) is 1.76. The Morgan fingerprint density at radius 1 is 1.36 bits per heavy atom. The summed E-state index contributed by atoms with van der Waals surface area (Å²) in [6, 6.07) is 0.811. The normalized spacial score (nSPS) is 31.6. The van der Waals surface area contributed by atoms with E-state index in [0.717, 1.165) is 12.0 Å². The molecule has 1 aliphatic carbocycles. The summed E-state index contributed by atoms with van der Waals surface area (Å²) in [6.07, 6.45) is 4.09. The first-order valence-electron chi connectivity index (χ1n) is 4.77. The Balaban J connectivity index is 2.31. The summed E-state index contributed by atoms with van der Waals surface area (Å²) in [5, 5.41) is 3.33. The summed E-state index contributed by atoms with van der Waals surface area (Å²) in [5.74, 6) is 0.963. The standard InChI is InChI=1S/C10H21N/c1-5-10(2,3)8-6-9(7-8)11-4/h8-9,11H,5-7H2,1-4H3. The van der Waals surface area contributed by atoms with Crippen LogP contribution in [0.4, 0.5) is 0 Å². The number of hydrogen-bond acceptors (Lipinski definition) is 1. The predicted molar refractivity (Wildman–Crippen MR) is 49.6 cm³/mol. The monoisotopic (exact) mass is 155 g/mol. The van der Waals surface area contributed by atoms with Gasteiger partial charge in [0.1, 0.15) is 0 Å². The molecule has 0 aromatic carbocycles. The van der Waals surface area contributed by atoms with Crippen molar-refractivity contribution in [1.29, 1.82) is 0 Å². The molecule has 1 saturated carbocycles. The lowest BCUT2D eigenvalue weighted by Gasteiger charge is -2.45. The third-order valence-corrected chi connectivity index (χ3v) is 3.56. The van der Waals surface area contributed by atoms with Crippen LogP contribution in [-0.4, -0.2) is 13.1 Å². The Morgan fingerprint density at radius 3 is 2.27 bits per heavy atom. The Bertz CT molecular complexity index is 123. The van der Waals surface area contributed by atoms with Gasteiger partial charge in [0.05, 0.1) is 0 Å². The summed E-state index contributed by atoms with van der Waals surface area (Å²) in [7, 11) is 2.07. The highest BCUT2D eigenvalue weighted by Gasteiger charge is 2.37. The molecule has 0 radical (unpaired) electrons. The molecule has 1 heteroatoms. The Hall–Kier alpha value is -0.0400. The lowest BCUT2D eigenvalue weighted by Crippen LogP contribution is -2.45. The Morgan fingerprint density at radius 2 is 1.91 bits per heavy atom. The van der Waals surface area contributed by atoms with Gasteiger partial charge < -0.3 is 5.32 Å². The third-order valence-electron chi connectivity index (χ3n) is 3.56.